The maximum atomic E-state index is 9.75. The number of hydrogen-bond donors (Lipinski definition) is 0. The number of benzene rings is 8. The van der Waals surface area contributed by atoms with E-state index in [1.807, 2.05) is 0 Å². The molecule has 8 aromatic carbocycles. The van der Waals surface area contributed by atoms with Crippen LogP contribution in [-0.2, 0) is 0 Å². The first-order chi connectivity index (χ1) is 30.1. The molecule has 0 N–H and O–H groups in total. The van der Waals surface area contributed by atoms with Crippen LogP contribution >= 0.6 is 0 Å². The molecule has 0 amide bonds. The Bertz CT molecular complexity index is 3590. The van der Waals surface area contributed by atoms with Gasteiger partial charge < -0.3 is 4.42 Å². The lowest BCUT2D eigenvalue weighted by atomic mass is 9.85. The molecule has 0 saturated heterocycles. The van der Waals surface area contributed by atoms with E-state index in [1.54, 1.807) is 30.3 Å². The molecular formula is C42H26O. The predicted molar refractivity (Wildman–Crippen MR) is 183 cm³/mol. The molecule has 9 aromatic rings. The Balaban J connectivity index is 1.53. The van der Waals surface area contributed by atoms with Gasteiger partial charge in [-0.2, -0.15) is 0 Å². The number of furan rings is 1. The lowest BCUT2D eigenvalue weighted by molar-refractivity contribution is 0.669. The average Bonchev–Trinajstić information content (AvgIpc) is 3.69. The van der Waals surface area contributed by atoms with Crippen LogP contribution in [0.1, 0.15) is 28.8 Å². The van der Waals surface area contributed by atoms with E-state index >= 15 is 0 Å². The largest absolute Gasteiger partial charge is 0.456 e. The van der Waals surface area contributed by atoms with Gasteiger partial charge in [-0.1, -0.05) is 133 Å². The van der Waals surface area contributed by atoms with E-state index in [-0.39, 0.29) is 37.9 Å². The first-order valence-electron chi connectivity index (χ1n) is 23.6. The zero-order valence-electron chi connectivity index (χ0n) is 42.8. The number of rotatable bonds is 3. The summed E-state index contributed by atoms with van der Waals surface area (Å²) < 4.78 is 194. The van der Waals surface area contributed by atoms with Crippen molar-refractivity contribution in [2.24, 2.45) is 0 Å². The fourth-order valence-electron chi connectivity index (χ4n) is 5.41. The second-order valence-corrected chi connectivity index (χ2v) is 9.63. The van der Waals surface area contributed by atoms with Crippen LogP contribution in [0.4, 0.5) is 0 Å². The van der Waals surface area contributed by atoms with Gasteiger partial charge in [0.15, 0.2) is 0 Å². The highest BCUT2D eigenvalue weighted by molar-refractivity contribution is 6.22. The van der Waals surface area contributed by atoms with Gasteiger partial charge in [0.05, 0.1) is 28.8 Å². The molecule has 43 heavy (non-hydrogen) atoms. The Morgan fingerprint density at radius 1 is 0.395 bits per heavy atom. The molecule has 200 valence electrons. The van der Waals surface area contributed by atoms with E-state index in [9.17, 15) is 8.22 Å². The first-order valence-corrected chi connectivity index (χ1v) is 13.1. The molecule has 1 heteroatoms. The van der Waals surface area contributed by atoms with Crippen LogP contribution in [0.2, 0.25) is 0 Å². The third-order valence-electron chi connectivity index (χ3n) is 7.26. The summed E-state index contributed by atoms with van der Waals surface area (Å²) in [6.45, 7) is 0. The van der Waals surface area contributed by atoms with Crippen LogP contribution in [0.15, 0.2) is 162 Å². The Morgan fingerprint density at radius 2 is 0.977 bits per heavy atom. The highest BCUT2D eigenvalue weighted by Gasteiger charge is 2.17. The molecule has 0 aliphatic heterocycles. The summed E-state index contributed by atoms with van der Waals surface area (Å²) in [5.41, 5.74) is -3.00. The van der Waals surface area contributed by atoms with Crippen molar-refractivity contribution in [2.75, 3.05) is 0 Å². The molecule has 0 spiro atoms. The summed E-state index contributed by atoms with van der Waals surface area (Å²) >= 11 is 0. The standard InChI is InChI=1S/C42H26O/c1-2-11-27(12-3-1)41-35-15-4-6-17-37(35)42(38-18-7-5-16-36(38)41)30-22-23-32-28(25-30)13-10-19-31(32)29-21-24-34-33-14-8-9-20-39(33)43-40(34)26-29/h1-26H/i4D,5D,6D,7D,8D,9D,10D,13D,14D,15D,16D,17D,18D,19D,20D,21D,22D,23D,24D,25D,26D. The summed E-state index contributed by atoms with van der Waals surface area (Å²) in [7, 11) is 0. The van der Waals surface area contributed by atoms with Gasteiger partial charge in [-0.15, -0.1) is 0 Å². The van der Waals surface area contributed by atoms with Crippen molar-refractivity contribution in [2.45, 2.75) is 0 Å². The van der Waals surface area contributed by atoms with Crippen molar-refractivity contribution >= 4 is 54.3 Å². The van der Waals surface area contributed by atoms with Gasteiger partial charge >= 0.3 is 0 Å². The van der Waals surface area contributed by atoms with Gasteiger partial charge in [0, 0.05) is 10.8 Å². The summed E-state index contributed by atoms with van der Waals surface area (Å²) in [6.07, 6.45) is 0. The maximum Gasteiger partial charge on any atom is 0.136 e. The minimum Gasteiger partial charge on any atom is -0.456 e. The number of hydrogen-bond acceptors (Lipinski definition) is 1. The minimum absolute atomic E-state index is 0.0137. The van der Waals surface area contributed by atoms with E-state index in [4.69, 9.17) is 25.0 Å². The van der Waals surface area contributed by atoms with Gasteiger partial charge in [-0.3, -0.25) is 0 Å². The topological polar surface area (TPSA) is 13.1 Å². The fraction of sp³-hybridized carbons (Fsp3) is 0. The molecule has 0 fully saturated rings. The molecule has 0 unspecified atom stereocenters. The zero-order chi connectivity index (χ0) is 46.6. The third-order valence-corrected chi connectivity index (χ3v) is 7.26. The molecular weight excluding hydrogens is 520 g/mol. The highest BCUT2D eigenvalue weighted by Crippen LogP contribution is 2.44. The van der Waals surface area contributed by atoms with Crippen molar-refractivity contribution in [1.82, 2.24) is 0 Å². The summed E-state index contributed by atoms with van der Waals surface area (Å²) in [5.74, 6) is 0. The molecule has 1 aromatic heterocycles. The third kappa shape index (κ3) is 3.72. The van der Waals surface area contributed by atoms with Crippen molar-refractivity contribution in [3.05, 3.63) is 157 Å². The van der Waals surface area contributed by atoms with Crippen LogP contribution in [0.5, 0.6) is 0 Å². The van der Waals surface area contributed by atoms with Gasteiger partial charge in [0.1, 0.15) is 11.2 Å². The van der Waals surface area contributed by atoms with Crippen molar-refractivity contribution < 1.29 is 33.2 Å². The minimum atomic E-state index is -0.900. The summed E-state index contributed by atoms with van der Waals surface area (Å²) in [5, 5.41) is -3.08. The molecule has 0 aliphatic carbocycles. The Kier molecular flexibility index (Phi) is 2.46. The SMILES string of the molecule is [2H]c1c([2H])c([2H])c2c(oc3c([2H])c(-c4c([2H])c([2H])c([2H])c5c([2H])c(-c6c7c([2H])c([2H])c([2H])c([2H])c7c(-c7ccccc7)c7c([2H])c([2H])c([2H])c([2H])c67)c([2H])c([2H])c45)c([2H])c([2H])c32)c1[2H]. The van der Waals surface area contributed by atoms with Crippen LogP contribution < -0.4 is 0 Å². The van der Waals surface area contributed by atoms with Crippen LogP contribution in [-0.4, -0.2) is 0 Å². The van der Waals surface area contributed by atoms with Gasteiger partial charge in [0.25, 0.3) is 0 Å². The Hall–Kier alpha value is -5.66. The van der Waals surface area contributed by atoms with E-state index in [0.717, 1.165) is 0 Å². The number of para-hydroxylation sites is 1. The molecule has 0 radical (unpaired) electrons. The Morgan fingerprint density at radius 3 is 1.70 bits per heavy atom. The van der Waals surface area contributed by atoms with E-state index in [2.05, 4.69) is 0 Å². The maximum absolute atomic E-state index is 9.75. The van der Waals surface area contributed by atoms with E-state index in [1.165, 1.54) is 0 Å². The smallest absolute Gasteiger partial charge is 0.136 e. The fourth-order valence-corrected chi connectivity index (χ4v) is 5.41. The summed E-state index contributed by atoms with van der Waals surface area (Å²) in [6, 6.07) is -7.73. The van der Waals surface area contributed by atoms with Crippen molar-refractivity contribution in [1.29, 1.82) is 0 Å². The van der Waals surface area contributed by atoms with E-state index in [0.29, 0.717) is 5.56 Å². The monoisotopic (exact) mass is 567 g/mol. The van der Waals surface area contributed by atoms with Crippen LogP contribution in [0, 0.1) is 0 Å². The van der Waals surface area contributed by atoms with Crippen molar-refractivity contribution in [3.8, 4) is 33.4 Å². The normalized spacial score (nSPS) is 18.6. The zero-order valence-corrected chi connectivity index (χ0v) is 21.8. The molecule has 1 nitrogen and oxygen atoms in total. The molecule has 0 saturated carbocycles. The van der Waals surface area contributed by atoms with Gasteiger partial charge in [0.2, 0.25) is 0 Å². The molecule has 0 atom stereocenters. The first kappa shape index (κ1) is 11.2. The van der Waals surface area contributed by atoms with Crippen LogP contribution in [0.3, 0.4) is 0 Å². The second kappa shape index (κ2) is 9.44. The predicted octanol–water partition coefficient (Wildman–Crippen LogP) is 12.0. The van der Waals surface area contributed by atoms with Gasteiger partial charge in [-0.25, -0.2) is 0 Å². The molecule has 1 heterocycles. The van der Waals surface area contributed by atoms with Gasteiger partial charge in [-0.05, 0) is 89.9 Å². The van der Waals surface area contributed by atoms with Crippen LogP contribution in [0.25, 0.3) is 87.6 Å². The molecule has 0 bridgehead atoms. The quantitative estimate of drug-likeness (QED) is 0.194. The number of fused-ring (bicyclic) bond motifs is 6. The average molecular weight is 568 g/mol. The van der Waals surface area contributed by atoms with Crippen molar-refractivity contribution in [3.63, 3.8) is 0 Å². The second-order valence-electron chi connectivity index (χ2n) is 9.63. The van der Waals surface area contributed by atoms with E-state index < -0.39 is 171 Å². The summed E-state index contributed by atoms with van der Waals surface area (Å²) in [4.78, 5) is 0. The Labute approximate surface area is 278 Å². The molecule has 9 rings (SSSR count). The lowest BCUT2D eigenvalue weighted by Gasteiger charge is -2.18. The molecule has 0 aliphatic rings. The lowest BCUT2D eigenvalue weighted by Crippen LogP contribution is -1.91. The highest BCUT2D eigenvalue weighted by atomic mass is 16.3.